The zero-order valence-electron chi connectivity index (χ0n) is 17.4. The van der Waals surface area contributed by atoms with E-state index < -0.39 is 0 Å². The van der Waals surface area contributed by atoms with Crippen molar-refractivity contribution in [2.24, 2.45) is 0 Å². The van der Waals surface area contributed by atoms with Gasteiger partial charge in [-0.25, -0.2) is 0 Å². The lowest BCUT2D eigenvalue weighted by Gasteiger charge is -2.27. The summed E-state index contributed by atoms with van der Waals surface area (Å²) in [6, 6.07) is 21.0. The van der Waals surface area contributed by atoms with Crippen LogP contribution < -0.4 is 10.6 Å². The SMILES string of the molecule is O=C(/C=C/c1cccc2ccccc12)NC(=S)Nc1ccccc1C(=O)N1CCOCC1. The molecule has 0 radical (unpaired) electrons. The molecule has 0 spiro atoms. The van der Waals surface area contributed by atoms with E-state index in [4.69, 9.17) is 17.0 Å². The van der Waals surface area contributed by atoms with Crippen LogP contribution in [0.25, 0.3) is 16.8 Å². The fraction of sp³-hybridized carbons (Fsp3) is 0.160. The zero-order chi connectivity index (χ0) is 22.3. The maximum Gasteiger partial charge on any atom is 0.256 e. The molecule has 0 saturated carbocycles. The Morgan fingerprint density at radius 2 is 1.66 bits per heavy atom. The van der Waals surface area contributed by atoms with Crippen molar-refractivity contribution in [3.8, 4) is 0 Å². The Labute approximate surface area is 191 Å². The van der Waals surface area contributed by atoms with Gasteiger partial charge >= 0.3 is 0 Å². The maximum atomic E-state index is 12.9. The first-order valence-corrected chi connectivity index (χ1v) is 10.8. The molecule has 162 valence electrons. The molecule has 7 heteroatoms. The van der Waals surface area contributed by atoms with Gasteiger partial charge < -0.3 is 15.0 Å². The number of carbonyl (C=O) groups excluding carboxylic acids is 2. The van der Waals surface area contributed by atoms with Gasteiger partial charge in [0.1, 0.15) is 0 Å². The van der Waals surface area contributed by atoms with E-state index in [0.717, 1.165) is 16.3 Å². The van der Waals surface area contributed by atoms with Crippen molar-refractivity contribution in [3.63, 3.8) is 0 Å². The number of amides is 2. The molecule has 2 amide bonds. The first kappa shape index (κ1) is 21.7. The van der Waals surface area contributed by atoms with Crippen LogP contribution in [0, 0.1) is 0 Å². The standard InChI is InChI=1S/C25H23N3O3S/c29-23(13-12-19-8-5-7-18-6-1-2-9-20(18)19)27-25(32)26-22-11-4-3-10-21(22)24(30)28-14-16-31-17-15-28/h1-13H,14-17H2,(H2,26,27,29,32)/b13-12+. The monoisotopic (exact) mass is 445 g/mol. The average molecular weight is 446 g/mol. The summed E-state index contributed by atoms with van der Waals surface area (Å²) >= 11 is 5.30. The molecule has 0 atom stereocenters. The second-order valence-electron chi connectivity index (χ2n) is 7.30. The molecule has 0 aromatic heterocycles. The molecule has 32 heavy (non-hydrogen) atoms. The van der Waals surface area contributed by atoms with E-state index in [0.29, 0.717) is 37.6 Å². The summed E-state index contributed by atoms with van der Waals surface area (Å²) in [6.07, 6.45) is 3.21. The van der Waals surface area contributed by atoms with Gasteiger partial charge in [0.15, 0.2) is 5.11 Å². The summed E-state index contributed by atoms with van der Waals surface area (Å²) < 4.78 is 5.32. The van der Waals surface area contributed by atoms with Gasteiger partial charge in [-0.05, 0) is 46.8 Å². The molecule has 1 fully saturated rings. The van der Waals surface area contributed by atoms with Crippen LogP contribution in [0.15, 0.2) is 72.8 Å². The van der Waals surface area contributed by atoms with Gasteiger partial charge in [-0.2, -0.15) is 0 Å². The topological polar surface area (TPSA) is 70.7 Å². The minimum absolute atomic E-state index is 0.0959. The normalized spacial score (nSPS) is 13.8. The van der Waals surface area contributed by atoms with Crippen LogP contribution in [0.1, 0.15) is 15.9 Å². The molecule has 1 heterocycles. The number of benzene rings is 3. The van der Waals surface area contributed by atoms with E-state index >= 15 is 0 Å². The number of hydrogen-bond acceptors (Lipinski definition) is 4. The van der Waals surface area contributed by atoms with Crippen LogP contribution in [0.5, 0.6) is 0 Å². The van der Waals surface area contributed by atoms with E-state index in [2.05, 4.69) is 10.6 Å². The molecule has 0 unspecified atom stereocenters. The molecular formula is C25H23N3O3S. The van der Waals surface area contributed by atoms with Gasteiger partial charge in [-0.15, -0.1) is 0 Å². The van der Waals surface area contributed by atoms with E-state index in [1.165, 1.54) is 6.08 Å². The van der Waals surface area contributed by atoms with Crippen LogP contribution in [0.2, 0.25) is 0 Å². The van der Waals surface area contributed by atoms with Crippen molar-refractivity contribution in [1.82, 2.24) is 10.2 Å². The number of hydrogen-bond donors (Lipinski definition) is 2. The molecule has 3 aromatic carbocycles. The first-order chi connectivity index (χ1) is 15.6. The van der Waals surface area contributed by atoms with E-state index in [1.807, 2.05) is 48.5 Å². The van der Waals surface area contributed by atoms with Crippen molar-refractivity contribution in [1.29, 1.82) is 0 Å². The Kier molecular flexibility index (Phi) is 6.89. The van der Waals surface area contributed by atoms with E-state index in [1.54, 1.807) is 29.2 Å². The van der Waals surface area contributed by atoms with Crippen molar-refractivity contribution in [3.05, 3.63) is 83.9 Å². The van der Waals surface area contributed by atoms with Gasteiger partial charge in [0.25, 0.3) is 5.91 Å². The number of ether oxygens (including phenoxy) is 1. The van der Waals surface area contributed by atoms with Crippen LogP contribution in [0.3, 0.4) is 0 Å². The summed E-state index contributed by atoms with van der Waals surface area (Å²) in [5.74, 6) is -0.450. The van der Waals surface area contributed by atoms with Gasteiger partial charge in [0, 0.05) is 19.2 Å². The third-order valence-corrected chi connectivity index (χ3v) is 5.38. The van der Waals surface area contributed by atoms with Gasteiger partial charge in [0.05, 0.1) is 24.5 Å². The number of anilines is 1. The Balaban J connectivity index is 1.41. The highest BCUT2D eigenvalue weighted by atomic mass is 32.1. The third kappa shape index (κ3) is 5.19. The molecule has 4 rings (SSSR count). The van der Waals surface area contributed by atoms with Crippen molar-refractivity contribution < 1.29 is 14.3 Å². The van der Waals surface area contributed by atoms with Crippen LogP contribution in [-0.2, 0) is 9.53 Å². The van der Waals surface area contributed by atoms with Gasteiger partial charge in [-0.3, -0.25) is 14.9 Å². The van der Waals surface area contributed by atoms with Crippen molar-refractivity contribution >= 4 is 51.7 Å². The molecule has 2 N–H and O–H groups in total. The Bertz CT molecular complexity index is 1180. The number of rotatable bonds is 4. The molecule has 1 saturated heterocycles. The van der Waals surface area contributed by atoms with Crippen LogP contribution in [0.4, 0.5) is 5.69 Å². The van der Waals surface area contributed by atoms with E-state index in [-0.39, 0.29) is 16.9 Å². The Morgan fingerprint density at radius 1 is 0.938 bits per heavy atom. The third-order valence-electron chi connectivity index (χ3n) is 5.18. The van der Waals surface area contributed by atoms with Gasteiger partial charge in [0.2, 0.25) is 5.91 Å². The predicted octanol–water partition coefficient (Wildman–Crippen LogP) is 3.84. The fourth-order valence-corrected chi connectivity index (χ4v) is 3.79. The average Bonchev–Trinajstić information content (AvgIpc) is 2.83. The Morgan fingerprint density at radius 3 is 2.50 bits per heavy atom. The lowest BCUT2D eigenvalue weighted by atomic mass is 10.0. The van der Waals surface area contributed by atoms with Gasteiger partial charge in [-0.1, -0.05) is 54.6 Å². The molecule has 1 aliphatic heterocycles. The summed E-state index contributed by atoms with van der Waals surface area (Å²) in [5, 5.41) is 7.91. The predicted molar refractivity (Wildman–Crippen MR) is 131 cm³/mol. The number of thiocarbonyl (C=S) groups is 1. The number of morpholine rings is 1. The summed E-state index contributed by atoms with van der Waals surface area (Å²) in [5.41, 5.74) is 1.99. The number of para-hydroxylation sites is 1. The largest absolute Gasteiger partial charge is 0.378 e. The number of nitrogens with one attached hydrogen (secondary N) is 2. The highest BCUT2D eigenvalue weighted by Gasteiger charge is 2.21. The number of nitrogens with zero attached hydrogens (tertiary/aromatic N) is 1. The molecule has 0 bridgehead atoms. The Hall–Kier alpha value is -3.55. The quantitative estimate of drug-likeness (QED) is 0.472. The van der Waals surface area contributed by atoms with Crippen molar-refractivity contribution in [2.75, 3.05) is 31.6 Å². The van der Waals surface area contributed by atoms with Crippen molar-refractivity contribution in [2.45, 2.75) is 0 Å². The second kappa shape index (κ2) is 10.2. The summed E-state index contributed by atoms with van der Waals surface area (Å²) in [7, 11) is 0. The number of carbonyl (C=O) groups is 2. The van der Waals surface area contributed by atoms with Crippen LogP contribution >= 0.6 is 12.2 Å². The summed E-state index contributed by atoms with van der Waals surface area (Å²) in [6.45, 7) is 2.15. The number of fused-ring (bicyclic) bond motifs is 1. The highest BCUT2D eigenvalue weighted by Crippen LogP contribution is 2.20. The minimum Gasteiger partial charge on any atom is -0.378 e. The molecular weight excluding hydrogens is 422 g/mol. The lowest BCUT2D eigenvalue weighted by molar-refractivity contribution is -0.115. The molecule has 0 aliphatic carbocycles. The zero-order valence-corrected chi connectivity index (χ0v) is 18.2. The highest BCUT2D eigenvalue weighted by molar-refractivity contribution is 7.80. The smallest absolute Gasteiger partial charge is 0.256 e. The second-order valence-corrected chi connectivity index (χ2v) is 7.70. The van der Waals surface area contributed by atoms with E-state index in [9.17, 15) is 9.59 Å². The summed E-state index contributed by atoms with van der Waals surface area (Å²) in [4.78, 5) is 27.0. The maximum absolute atomic E-state index is 12.9. The first-order valence-electron chi connectivity index (χ1n) is 10.4. The molecule has 6 nitrogen and oxygen atoms in total. The molecule has 3 aromatic rings. The fourth-order valence-electron chi connectivity index (χ4n) is 3.58. The molecule has 1 aliphatic rings. The lowest BCUT2D eigenvalue weighted by Crippen LogP contribution is -2.41. The minimum atomic E-state index is -0.354. The van der Waals surface area contributed by atoms with Crippen LogP contribution in [-0.4, -0.2) is 48.1 Å².